The zero-order valence-electron chi connectivity index (χ0n) is 16.1. The van der Waals surface area contributed by atoms with Crippen LogP contribution in [0.1, 0.15) is 22.2 Å². The zero-order chi connectivity index (χ0) is 22.0. The number of nitrogen functional groups attached to an aromatic ring is 1. The van der Waals surface area contributed by atoms with Crippen molar-refractivity contribution in [1.29, 1.82) is 0 Å². The van der Waals surface area contributed by atoms with Gasteiger partial charge in [-0.15, -0.1) is 0 Å². The number of hydrogen-bond donors (Lipinski definition) is 2. The maximum atomic E-state index is 14.0. The number of carbonyl (C=O) groups is 2. The van der Waals surface area contributed by atoms with E-state index in [4.69, 9.17) is 27.8 Å². The second-order valence-corrected chi connectivity index (χ2v) is 7.70. The molecule has 3 aromatic rings. The van der Waals surface area contributed by atoms with Crippen LogP contribution in [0.4, 0.5) is 21.0 Å². The van der Waals surface area contributed by atoms with Crippen molar-refractivity contribution in [3.63, 3.8) is 0 Å². The number of nitrogens with zero attached hydrogens (tertiary/aromatic N) is 2. The van der Waals surface area contributed by atoms with Gasteiger partial charge >= 0.3 is 0 Å². The average molecular weight is 449 g/mol. The third-order valence-corrected chi connectivity index (χ3v) is 5.76. The Morgan fingerprint density at radius 3 is 2.47 bits per heavy atom. The molecule has 1 heterocycles. The highest BCUT2D eigenvalue weighted by atomic mass is 35.5. The molecule has 156 valence electrons. The molecule has 0 aliphatic rings. The van der Waals surface area contributed by atoms with Gasteiger partial charge in [-0.05, 0) is 49.4 Å². The van der Waals surface area contributed by atoms with Gasteiger partial charge in [0.15, 0.2) is 5.13 Å². The van der Waals surface area contributed by atoms with Crippen LogP contribution in [-0.2, 0) is 4.79 Å². The number of ketones is 1. The number of amides is 1. The summed E-state index contributed by atoms with van der Waals surface area (Å²) < 4.78 is 19.1. The van der Waals surface area contributed by atoms with E-state index in [0.717, 1.165) is 17.4 Å². The van der Waals surface area contributed by atoms with Crippen molar-refractivity contribution >= 4 is 51.3 Å². The summed E-state index contributed by atoms with van der Waals surface area (Å²) in [4.78, 5) is 30.6. The number of anilines is 3. The Balaban J connectivity index is 2.04. The van der Waals surface area contributed by atoms with Crippen molar-refractivity contribution in [2.24, 2.45) is 5.73 Å². The summed E-state index contributed by atoms with van der Waals surface area (Å²) in [5.41, 5.74) is 12.2. The number of aromatic nitrogens is 1. The van der Waals surface area contributed by atoms with Crippen LogP contribution in [0.3, 0.4) is 0 Å². The van der Waals surface area contributed by atoms with Crippen molar-refractivity contribution < 1.29 is 18.7 Å². The fraction of sp³-hybridized carbons (Fsp3) is 0.150. The first kappa shape index (κ1) is 21.5. The van der Waals surface area contributed by atoms with Crippen LogP contribution in [0.25, 0.3) is 0 Å². The minimum Gasteiger partial charge on any atom is -0.497 e. The van der Waals surface area contributed by atoms with Crippen molar-refractivity contribution in [2.75, 3.05) is 17.7 Å². The first-order valence-corrected chi connectivity index (χ1v) is 9.91. The van der Waals surface area contributed by atoms with E-state index < -0.39 is 17.8 Å². The lowest BCUT2D eigenvalue weighted by Crippen LogP contribution is -2.40. The van der Waals surface area contributed by atoms with E-state index in [-0.39, 0.29) is 26.6 Å². The first-order valence-electron chi connectivity index (χ1n) is 8.71. The lowest BCUT2D eigenvalue weighted by Gasteiger charge is -2.26. The Hall–Kier alpha value is -3.17. The van der Waals surface area contributed by atoms with Gasteiger partial charge in [-0.3, -0.25) is 9.59 Å². The van der Waals surface area contributed by atoms with Gasteiger partial charge < -0.3 is 21.1 Å². The number of hydrogen-bond acceptors (Lipinski definition) is 7. The zero-order valence-corrected chi connectivity index (χ0v) is 17.6. The van der Waals surface area contributed by atoms with E-state index in [2.05, 4.69) is 4.98 Å². The molecule has 1 aromatic heterocycles. The summed E-state index contributed by atoms with van der Waals surface area (Å²) in [6, 6.07) is 9.68. The normalized spacial score (nSPS) is 11.7. The van der Waals surface area contributed by atoms with Crippen molar-refractivity contribution in [3.8, 4) is 5.75 Å². The fourth-order valence-corrected chi connectivity index (χ4v) is 3.89. The number of rotatable bonds is 7. The lowest BCUT2D eigenvalue weighted by molar-refractivity contribution is -0.118. The smallest absolute Gasteiger partial charge is 0.240 e. The van der Waals surface area contributed by atoms with Crippen LogP contribution in [0, 0.1) is 5.82 Å². The second kappa shape index (κ2) is 8.68. The van der Waals surface area contributed by atoms with Crippen molar-refractivity contribution in [3.05, 3.63) is 63.7 Å². The van der Waals surface area contributed by atoms with Crippen molar-refractivity contribution in [2.45, 2.75) is 13.0 Å². The first-order chi connectivity index (χ1) is 14.2. The monoisotopic (exact) mass is 448 g/mol. The van der Waals surface area contributed by atoms with E-state index in [9.17, 15) is 14.0 Å². The topological polar surface area (TPSA) is 112 Å². The van der Waals surface area contributed by atoms with Gasteiger partial charge in [-0.1, -0.05) is 22.9 Å². The number of benzene rings is 2. The maximum Gasteiger partial charge on any atom is 0.240 e. The van der Waals surface area contributed by atoms with Crippen LogP contribution in [-0.4, -0.2) is 29.8 Å². The molecular formula is C20H18ClFN4O3S. The van der Waals surface area contributed by atoms with E-state index in [1.54, 1.807) is 24.3 Å². The molecule has 1 atom stereocenters. The molecule has 7 nitrogen and oxygen atoms in total. The number of methoxy groups -OCH3 is 1. The summed E-state index contributed by atoms with van der Waals surface area (Å²) in [5, 5.41) is 0.150. The Kier molecular flexibility index (Phi) is 6.23. The molecule has 0 radical (unpaired) electrons. The molecule has 0 aliphatic heterocycles. The number of halogens is 2. The summed E-state index contributed by atoms with van der Waals surface area (Å²) in [6.07, 6.45) is 0. The Morgan fingerprint density at radius 1 is 1.23 bits per heavy atom. The largest absolute Gasteiger partial charge is 0.497 e. The quantitative estimate of drug-likeness (QED) is 0.532. The minimum absolute atomic E-state index is 0.00748. The minimum atomic E-state index is -0.889. The molecule has 0 aliphatic carbocycles. The standard InChI is InChI=1S/C20H18ClFN4O3S/c1-10(19(24)28)26(12-5-8-14(21)15(22)9-12)20-25-18(23)17(30-20)16(27)11-3-6-13(29-2)7-4-11/h3-10H,23H2,1-2H3,(H2,24,28)/t10-/m1/s1. The highest BCUT2D eigenvalue weighted by molar-refractivity contribution is 7.18. The Morgan fingerprint density at radius 2 is 1.90 bits per heavy atom. The fourth-order valence-electron chi connectivity index (χ4n) is 2.72. The molecular weight excluding hydrogens is 431 g/mol. The molecule has 0 fully saturated rings. The number of primary amides is 1. The molecule has 3 rings (SSSR count). The third kappa shape index (κ3) is 4.22. The molecule has 10 heteroatoms. The molecule has 30 heavy (non-hydrogen) atoms. The lowest BCUT2D eigenvalue weighted by atomic mass is 10.1. The van der Waals surface area contributed by atoms with Gasteiger partial charge in [-0.2, -0.15) is 0 Å². The SMILES string of the molecule is COc1ccc(C(=O)c2sc(N(c3ccc(Cl)c(F)c3)[C@H](C)C(N)=O)nc2N)cc1. The maximum absolute atomic E-state index is 14.0. The highest BCUT2D eigenvalue weighted by Gasteiger charge is 2.28. The van der Waals surface area contributed by atoms with Crippen LogP contribution < -0.4 is 21.1 Å². The van der Waals surface area contributed by atoms with Crippen LogP contribution in [0.5, 0.6) is 5.75 Å². The van der Waals surface area contributed by atoms with E-state index >= 15 is 0 Å². The Bertz CT molecular complexity index is 1100. The summed E-state index contributed by atoms with van der Waals surface area (Å²) >= 11 is 6.74. The Labute approximate surface area is 181 Å². The number of carbonyl (C=O) groups excluding carboxylic acids is 2. The second-order valence-electron chi connectivity index (χ2n) is 6.32. The van der Waals surface area contributed by atoms with Gasteiger partial charge in [0.05, 0.1) is 12.1 Å². The van der Waals surface area contributed by atoms with Gasteiger partial charge in [0, 0.05) is 11.3 Å². The molecule has 4 N–H and O–H groups in total. The molecule has 0 bridgehead atoms. The molecule has 0 unspecified atom stereocenters. The molecule has 2 aromatic carbocycles. The predicted octanol–water partition coefficient (Wildman–Crippen LogP) is 3.77. The summed E-state index contributed by atoms with van der Waals surface area (Å²) in [7, 11) is 1.53. The summed E-state index contributed by atoms with van der Waals surface area (Å²) in [5.74, 6) is -1.08. The van der Waals surface area contributed by atoms with Crippen molar-refractivity contribution in [1.82, 2.24) is 4.98 Å². The van der Waals surface area contributed by atoms with Gasteiger partial charge in [-0.25, -0.2) is 9.37 Å². The molecule has 0 saturated heterocycles. The van der Waals surface area contributed by atoms with Crippen LogP contribution >= 0.6 is 22.9 Å². The van der Waals surface area contributed by atoms with Crippen LogP contribution in [0.2, 0.25) is 5.02 Å². The average Bonchev–Trinajstić information content (AvgIpc) is 3.11. The van der Waals surface area contributed by atoms with Gasteiger partial charge in [0.1, 0.15) is 28.3 Å². The highest BCUT2D eigenvalue weighted by Crippen LogP contribution is 2.37. The third-order valence-electron chi connectivity index (χ3n) is 4.39. The van der Waals surface area contributed by atoms with Gasteiger partial charge in [0.2, 0.25) is 11.7 Å². The van der Waals surface area contributed by atoms with Crippen LogP contribution in [0.15, 0.2) is 42.5 Å². The van der Waals surface area contributed by atoms with E-state index in [0.29, 0.717) is 17.0 Å². The number of nitrogens with two attached hydrogens (primary N) is 2. The number of ether oxygens (including phenoxy) is 1. The van der Waals surface area contributed by atoms with E-state index in [1.165, 1.54) is 31.1 Å². The molecule has 0 spiro atoms. The van der Waals surface area contributed by atoms with E-state index in [1.807, 2.05) is 0 Å². The molecule has 0 saturated carbocycles. The van der Waals surface area contributed by atoms with Gasteiger partial charge in [0.25, 0.3) is 0 Å². The number of thiazole rings is 1. The molecule has 1 amide bonds. The summed E-state index contributed by atoms with van der Waals surface area (Å²) in [6.45, 7) is 1.54. The predicted molar refractivity (Wildman–Crippen MR) is 115 cm³/mol.